The topological polar surface area (TPSA) is 71.1 Å². The number of fused-ring (bicyclic) bond motifs is 1. The molecule has 1 aromatic carbocycles. The van der Waals surface area contributed by atoms with Gasteiger partial charge in [0.1, 0.15) is 0 Å². The van der Waals surface area contributed by atoms with Crippen molar-refractivity contribution in [2.75, 3.05) is 34.0 Å². The Kier molecular flexibility index (Phi) is 8.72. The maximum atomic E-state index is 12.9. The number of rotatable bonds is 2. The molecule has 0 aromatic heterocycles. The molecule has 2 bridgehead atoms. The maximum Gasteiger partial charge on any atom is 0.339 e. The molecule has 1 aliphatic carbocycles. The van der Waals surface area contributed by atoms with Crippen molar-refractivity contribution >= 4 is 11.9 Å². The van der Waals surface area contributed by atoms with Gasteiger partial charge in [-0.2, -0.15) is 0 Å². The van der Waals surface area contributed by atoms with Gasteiger partial charge in [-0.25, -0.2) is 9.59 Å². The summed E-state index contributed by atoms with van der Waals surface area (Å²) in [6, 6.07) is 2.09. The molecule has 6 nitrogen and oxygen atoms in total. The zero-order valence-corrected chi connectivity index (χ0v) is 20.1. The van der Waals surface area contributed by atoms with Crippen molar-refractivity contribution in [1.82, 2.24) is 0 Å². The van der Waals surface area contributed by atoms with Gasteiger partial charge in [0.05, 0.1) is 31.5 Å². The minimum atomic E-state index is -0.487. The highest BCUT2D eigenvalue weighted by molar-refractivity contribution is 6.05. The van der Waals surface area contributed by atoms with Gasteiger partial charge in [0.25, 0.3) is 0 Å². The molecule has 0 amide bonds. The fourth-order valence-electron chi connectivity index (χ4n) is 5.03. The number of benzene rings is 1. The van der Waals surface area contributed by atoms with Gasteiger partial charge in [-0.1, -0.05) is 39.2 Å². The number of hydrogen-bond acceptors (Lipinski definition) is 6. The number of aryl methyl sites for hydroxylation is 1. The Bertz CT molecular complexity index is 813. The van der Waals surface area contributed by atoms with Crippen LogP contribution in [0.3, 0.4) is 0 Å². The summed E-state index contributed by atoms with van der Waals surface area (Å²) in [5.41, 5.74) is 3.24. The summed E-state index contributed by atoms with van der Waals surface area (Å²) in [6.45, 7) is 6.58. The molecular weight excluding hydrogens is 408 g/mol. The summed E-state index contributed by atoms with van der Waals surface area (Å²) in [4.78, 5) is 25.7. The lowest BCUT2D eigenvalue weighted by Crippen LogP contribution is -2.21. The molecule has 6 heteroatoms. The van der Waals surface area contributed by atoms with Gasteiger partial charge in [-0.3, -0.25) is 0 Å². The standard InChI is InChI=1S/C26H38O6/c1-26(2)17-20-19-16-18(21(24(27)29-3)22(20)25(28)30-4)12-8-7-10-14-31-13-9-5-6-11-15-32-23(19)26/h16,23H,5-15,17H2,1-4H3. The van der Waals surface area contributed by atoms with Gasteiger partial charge in [0.15, 0.2) is 0 Å². The first kappa shape index (κ1) is 24.7. The van der Waals surface area contributed by atoms with Crippen molar-refractivity contribution in [3.8, 4) is 0 Å². The molecule has 0 fully saturated rings. The zero-order chi connectivity index (χ0) is 23.1. The molecule has 1 heterocycles. The van der Waals surface area contributed by atoms with Crippen LogP contribution >= 0.6 is 0 Å². The molecule has 0 spiro atoms. The Morgan fingerprint density at radius 2 is 1.47 bits per heavy atom. The van der Waals surface area contributed by atoms with E-state index in [1.165, 1.54) is 14.2 Å². The normalized spacial score (nSPS) is 22.1. The molecule has 0 N–H and O–H groups in total. The van der Waals surface area contributed by atoms with Crippen LogP contribution in [0.25, 0.3) is 0 Å². The molecule has 1 aromatic rings. The molecule has 32 heavy (non-hydrogen) atoms. The second kappa shape index (κ2) is 11.3. The average Bonchev–Trinajstić information content (AvgIpc) is 3.03. The van der Waals surface area contributed by atoms with Crippen LogP contribution in [0, 0.1) is 5.41 Å². The molecule has 1 aliphatic heterocycles. The van der Waals surface area contributed by atoms with E-state index in [-0.39, 0.29) is 11.5 Å². The van der Waals surface area contributed by atoms with Gasteiger partial charge < -0.3 is 18.9 Å². The van der Waals surface area contributed by atoms with E-state index in [9.17, 15) is 9.59 Å². The van der Waals surface area contributed by atoms with Crippen LogP contribution in [-0.4, -0.2) is 46.0 Å². The number of hydrogen-bond donors (Lipinski definition) is 0. The summed E-state index contributed by atoms with van der Waals surface area (Å²) in [5.74, 6) is -0.973. The minimum Gasteiger partial charge on any atom is -0.465 e. The molecule has 0 saturated heterocycles. The van der Waals surface area contributed by atoms with Gasteiger partial charge in [0.2, 0.25) is 0 Å². The molecule has 2 aliphatic rings. The van der Waals surface area contributed by atoms with Gasteiger partial charge >= 0.3 is 11.9 Å². The number of carbonyl (C=O) groups excluding carboxylic acids is 2. The monoisotopic (exact) mass is 446 g/mol. The van der Waals surface area contributed by atoms with Crippen LogP contribution in [0.4, 0.5) is 0 Å². The van der Waals surface area contributed by atoms with Crippen LogP contribution in [-0.2, 0) is 31.8 Å². The Labute approximate surface area is 191 Å². The first-order valence-electron chi connectivity index (χ1n) is 12.0. The summed E-state index contributed by atoms with van der Waals surface area (Å²) >= 11 is 0. The Morgan fingerprint density at radius 1 is 0.875 bits per heavy atom. The van der Waals surface area contributed by atoms with Crippen LogP contribution in [0.1, 0.15) is 102 Å². The van der Waals surface area contributed by atoms with E-state index in [0.29, 0.717) is 30.6 Å². The fraction of sp³-hybridized carbons (Fsp3) is 0.692. The first-order valence-corrected chi connectivity index (χ1v) is 12.0. The zero-order valence-electron chi connectivity index (χ0n) is 20.1. The van der Waals surface area contributed by atoms with E-state index >= 15 is 0 Å². The summed E-state index contributed by atoms with van der Waals surface area (Å²) in [6.07, 6.45) is 8.46. The predicted octanol–water partition coefficient (Wildman–Crippen LogP) is 5.20. The van der Waals surface area contributed by atoms with Crippen LogP contribution in [0.5, 0.6) is 0 Å². The third kappa shape index (κ3) is 5.52. The molecule has 178 valence electrons. The molecule has 3 rings (SSSR count). The largest absolute Gasteiger partial charge is 0.465 e. The van der Waals surface area contributed by atoms with Crippen LogP contribution < -0.4 is 0 Å². The number of ether oxygens (including phenoxy) is 4. The lowest BCUT2D eigenvalue weighted by atomic mass is 9.87. The number of methoxy groups -OCH3 is 2. The highest BCUT2D eigenvalue weighted by Crippen LogP contribution is 2.50. The van der Waals surface area contributed by atoms with Crippen molar-refractivity contribution in [3.05, 3.63) is 33.9 Å². The molecule has 1 atom stereocenters. The highest BCUT2D eigenvalue weighted by Gasteiger charge is 2.44. The van der Waals surface area contributed by atoms with Crippen molar-refractivity contribution in [3.63, 3.8) is 0 Å². The smallest absolute Gasteiger partial charge is 0.339 e. The number of carbonyl (C=O) groups is 2. The third-order valence-corrected chi connectivity index (χ3v) is 6.66. The average molecular weight is 447 g/mol. The SMILES string of the molecule is COC(=O)c1c2cc3c(c1C(=O)OC)CC(C)(C)C3OCCCCCCOCCCCC2. The first-order chi connectivity index (χ1) is 15.4. The summed E-state index contributed by atoms with van der Waals surface area (Å²) in [7, 11) is 2.72. The van der Waals surface area contributed by atoms with Gasteiger partial charge in [-0.15, -0.1) is 0 Å². The summed E-state index contributed by atoms with van der Waals surface area (Å²) in [5, 5.41) is 0. The van der Waals surface area contributed by atoms with Gasteiger partial charge in [-0.05, 0) is 60.6 Å². The molecule has 0 radical (unpaired) electrons. The lowest BCUT2D eigenvalue weighted by molar-refractivity contribution is -0.0180. The Balaban J connectivity index is 2.06. The highest BCUT2D eigenvalue weighted by atomic mass is 16.5. The number of esters is 2. The molecular formula is C26H38O6. The van der Waals surface area contributed by atoms with Crippen LogP contribution in [0.2, 0.25) is 0 Å². The predicted molar refractivity (Wildman–Crippen MR) is 122 cm³/mol. The maximum absolute atomic E-state index is 12.9. The Morgan fingerprint density at radius 3 is 2.12 bits per heavy atom. The minimum absolute atomic E-state index is 0.120. The van der Waals surface area contributed by atoms with Crippen molar-refractivity contribution < 1.29 is 28.5 Å². The molecule has 1 unspecified atom stereocenters. The molecule has 0 saturated carbocycles. The van der Waals surface area contributed by atoms with E-state index in [1.54, 1.807) is 0 Å². The van der Waals surface area contributed by atoms with Crippen LogP contribution in [0.15, 0.2) is 6.07 Å². The second-order valence-corrected chi connectivity index (χ2v) is 9.59. The quantitative estimate of drug-likeness (QED) is 0.581. The van der Waals surface area contributed by atoms with Crippen molar-refractivity contribution in [1.29, 1.82) is 0 Å². The van der Waals surface area contributed by atoms with E-state index in [1.807, 2.05) is 0 Å². The van der Waals surface area contributed by atoms with E-state index in [4.69, 9.17) is 18.9 Å². The fourth-order valence-corrected chi connectivity index (χ4v) is 5.03. The lowest BCUT2D eigenvalue weighted by Gasteiger charge is -2.28. The van der Waals surface area contributed by atoms with E-state index in [2.05, 4.69) is 19.9 Å². The van der Waals surface area contributed by atoms with Crippen molar-refractivity contribution in [2.45, 2.75) is 77.7 Å². The van der Waals surface area contributed by atoms with E-state index < -0.39 is 11.9 Å². The third-order valence-electron chi connectivity index (χ3n) is 6.66. The second-order valence-electron chi connectivity index (χ2n) is 9.59. The Hall–Kier alpha value is -1.92. The van der Waals surface area contributed by atoms with E-state index in [0.717, 1.165) is 74.8 Å². The summed E-state index contributed by atoms with van der Waals surface area (Å²) < 4.78 is 22.4. The van der Waals surface area contributed by atoms with Crippen molar-refractivity contribution in [2.24, 2.45) is 5.41 Å². The van der Waals surface area contributed by atoms with Gasteiger partial charge in [0, 0.05) is 19.8 Å².